The summed E-state index contributed by atoms with van der Waals surface area (Å²) >= 11 is 1.15. The van der Waals surface area contributed by atoms with E-state index in [1.54, 1.807) is 30.3 Å². The quantitative estimate of drug-likeness (QED) is 0.195. The van der Waals surface area contributed by atoms with Gasteiger partial charge in [0.2, 0.25) is 12.3 Å². The molecule has 1 aromatic rings. The number of thioether (sulfide) groups is 1. The lowest BCUT2D eigenvalue weighted by Crippen LogP contribution is -2.81. The van der Waals surface area contributed by atoms with Gasteiger partial charge in [0.05, 0.1) is 0 Å². The molecule has 0 radical (unpaired) electrons. The molecule has 0 aliphatic carbocycles. The van der Waals surface area contributed by atoms with Crippen LogP contribution in [0.3, 0.4) is 0 Å². The van der Waals surface area contributed by atoms with Crippen LogP contribution in [0.1, 0.15) is 18.5 Å². The molecular weight excluding hydrogens is 442 g/mol. The number of hydrogen-bond donors (Lipinski definition) is 3. The number of ether oxygens (including phenoxy) is 2. The molecule has 0 spiro atoms. The van der Waals surface area contributed by atoms with E-state index in [1.165, 1.54) is 14.0 Å². The van der Waals surface area contributed by atoms with Crippen molar-refractivity contribution in [2.75, 3.05) is 19.5 Å². The Morgan fingerprint density at radius 1 is 1.34 bits per heavy atom. The van der Waals surface area contributed by atoms with Crippen LogP contribution >= 0.6 is 11.8 Å². The maximum Gasteiger partial charge on any atom is 0.352 e. The first-order chi connectivity index (χ1) is 15.3. The van der Waals surface area contributed by atoms with Gasteiger partial charge in [0, 0.05) is 25.4 Å². The molecule has 3 amide bonds. The highest BCUT2D eigenvalue weighted by atomic mass is 32.2. The third kappa shape index (κ3) is 4.06. The number of amides is 3. The highest BCUT2D eigenvalue weighted by molar-refractivity contribution is 8.00. The van der Waals surface area contributed by atoms with Crippen LogP contribution in [0.2, 0.25) is 0 Å². The van der Waals surface area contributed by atoms with Gasteiger partial charge < -0.3 is 25.2 Å². The topological polar surface area (TPSA) is 151 Å². The molecule has 1 saturated heterocycles. The Morgan fingerprint density at radius 2 is 2.03 bits per heavy atom. The monoisotopic (exact) mass is 463 g/mol. The van der Waals surface area contributed by atoms with E-state index in [2.05, 4.69) is 10.6 Å². The fourth-order valence-corrected chi connectivity index (χ4v) is 4.96. The van der Waals surface area contributed by atoms with Crippen molar-refractivity contribution in [2.24, 2.45) is 0 Å². The molecule has 170 valence electrons. The largest absolute Gasteiger partial charge is 0.477 e. The number of carbonyl (C=O) groups is 5. The van der Waals surface area contributed by atoms with Gasteiger partial charge in [0.25, 0.3) is 11.6 Å². The zero-order valence-electron chi connectivity index (χ0n) is 17.2. The summed E-state index contributed by atoms with van der Waals surface area (Å²) in [5, 5.41) is 13.7. The van der Waals surface area contributed by atoms with Crippen molar-refractivity contribution < 1.29 is 38.6 Å². The third-order valence-electron chi connectivity index (χ3n) is 5.02. The van der Waals surface area contributed by atoms with Crippen molar-refractivity contribution in [1.82, 2.24) is 15.5 Å². The van der Waals surface area contributed by atoms with Gasteiger partial charge in [0.15, 0.2) is 0 Å². The van der Waals surface area contributed by atoms with Crippen LogP contribution in [-0.4, -0.2) is 70.7 Å². The van der Waals surface area contributed by atoms with Crippen molar-refractivity contribution in [3.63, 3.8) is 0 Å². The number of hydrogen-bond acceptors (Lipinski definition) is 8. The van der Waals surface area contributed by atoms with E-state index in [1.807, 2.05) is 0 Å². The predicted molar refractivity (Wildman–Crippen MR) is 111 cm³/mol. The minimum Gasteiger partial charge on any atom is -0.477 e. The smallest absolute Gasteiger partial charge is 0.352 e. The van der Waals surface area contributed by atoms with Gasteiger partial charge in [-0.1, -0.05) is 30.3 Å². The summed E-state index contributed by atoms with van der Waals surface area (Å²) in [4.78, 5) is 61.1. The molecule has 12 heteroatoms. The number of nitrogens with one attached hydrogen (secondary N) is 2. The first kappa shape index (κ1) is 23.3. The van der Waals surface area contributed by atoms with E-state index < -0.39 is 40.9 Å². The minimum absolute atomic E-state index is 0.138. The van der Waals surface area contributed by atoms with E-state index in [4.69, 9.17) is 9.47 Å². The van der Waals surface area contributed by atoms with Gasteiger partial charge in [-0.2, -0.15) is 0 Å². The second kappa shape index (κ2) is 9.40. The van der Waals surface area contributed by atoms with E-state index in [0.29, 0.717) is 12.0 Å². The van der Waals surface area contributed by atoms with Gasteiger partial charge in [-0.3, -0.25) is 24.1 Å². The fraction of sp³-hybridized carbons (Fsp3) is 0.350. The summed E-state index contributed by atoms with van der Waals surface area (Å²) < 4.78 is 10.3. The van der Waals surface area contributed by atoms with Crippen LogP contribution in [0, 0.1) is 0 Å². The lowest BCUT2D eigenvalue weighted by Gasteiger charge is -2.55. The molecule has 11 nitrogen and oxygen atoms in total. The maximum absolute atomic E-state index is 13.1. The maximum atomic E-state index is 13.1. The molecule has 2 aliphatic heterocycles. The number of benzene rings is 1. The molecule has 0 bridgehead atoms. The number of carboxylic acid groups (broad SMARTS) is 1. The number of fused-ring (bicyclic) bond motifs is 1. The van der Waals surface area contributed by atoms with Crippen LogP contribution in [0.4, 0.5) is 0 Å². The number of rotatable bonds is 9. The van der Waals surface area contributed by atoms with Gasteiger partial charge >= 0.3 is 11.9 Å². The van der Waals surface area contributed by atoms with Crippen LogP contribution in [0.25, 0.3) is 0 Å². The molecule has 1 aromatic carbocycles. The lowest BCUT2D eigenvalue weighted by molar-refractivity contribution is -0.193. The highest BCUT2D eigenvalue weighted by Crippen LogP contribution is 2.46. The number of methoxy groups -OCH3 is 1. The standard InChI is InChI=1S/C20H21N3O8S/c1-11(25)31-8-13-9-32-19-20(30-2,18(29)23(19)15(13)17(27)28)22-16(26)14(21-10-24)12-6-4-3-5-7-12/h3-7,10,14,19H,8-9H2,1-2H3,(H,21,24)(H,22,26)(H,27,28)/t14?,19?,20-/m0/s1. The Kier molecular flexibility index (Phi) is 6.84. The molecule has 3 N–H and O–H groups in total. The van der Waals surface area contributed by atoms with Crippen molar-refractivity contribution in [3.05, 3.63) is 47.2 Å². The van der Waals surface area contributed by atoms with Crippen molar-refractivity contribution >= 4 is 41.9 Å². The van der Waals surface area contributed by atoms with Crippen LogP contribution < -0.4 is 10.6 Å². The van der Waals surface area contributed by atoms with E-state index in [9.17, 15) is 29.1 Å². The van der Waals surface area contributed by atoms with Crippen molar-refractivity contribution in [3.8, 4) is 0 Å². The minimum atomic E-state index is -1.83. The number of carbonyl (C=O) groups excluding carboxylic acids is 4. The number of aliphatic carboxylic acids is 1. The van der Waals surface area contributed by atoms with E-state index in [0.717, 1.165) is 16.7 Å². The summed E-state index contributed by atoms with van der Waals surface area (Å²) in [7, 11) is 1.22. The zero-order valence-corrected chi connectivity index (χ0v) is 18.0. The summed E-state index contributed by atoms with van der Waals surface area (Å²) in [6.07, 6.45) is 0.369. The van der Waals surface area contributed by atoms with Gasteiger partial charge in [-0.05, 0) is 5.56 Å². The molecule has 32 heavy (non-hydrogen) atoms. The lowest BCUT2D eigenvalue weighted by atomic mass is 9.97. The Bertz CT molecular complexity index is 982. The molecule has 0 saturated carbocycles. The number of β-lactam (4-membered cyclic amide) rings is 1. The Hall–Kier alpha value is -3.38. The first-order valence-corrected chi connectivity index (χ1v) is 10.5. The normalized spacial score (nSPS) is 22.9. The molecular formula is C20H21N3O8S. The third-order valence-corrected chi connectivity index (χ3v) is 6.40. The first-order valence-electron chi connectivity index (χ1n) is 9.42. The fourth-order valence-electron chi connectivity index (χ4n) is 3.54. The van der Waals surface area contributed by atoms with E-state index >= 15 is 0 Å². The zero-order chi connectivity index (χ0) is 23.5. The summed E-state index contributed by atoms with van der Waals surface area (Å²) in [6, 6.07) is 7.31. The van der Waals surface area contributed by atoms with Crippen LogP contribution in [0.5, 0.6) is 0 Å². The second-order valence-corrected chi connectivity index (χ2v) is 8.00. The Morgan fingerprint density at radius 3 is 2.59 bits per heavy atom. The molecule has 2 heterocycles. The molecule has 2 unspecified atom stereocenters. The molecule has 1 fully saturated rings. The number of esters is 1. The van der Waals surface area contributed by atoms with Crippen molar-refractivity contribution in [2.45, 2.75) is 24.1 Å². The number of nitrogens with zero attached hydrogens (tertiary/aromatic N) is 1. The predicted octanol–water partition coefficient (Wildman–Crippen LogP) is -0.250. The summed E-state index contributed by atoms with van der Waals surface area (Å²) in [6.45, 7) is 0.919. The van der Waals surface area contributed by atoms with Gasteiger partial charge in [-0.15, -0.1) is 11.8 Å². The summed E-state index contributed by atoms with van der Waals surface area (Å²) in [5.41, 5.74) is -1.40. The van der Waals surface area contributed by atoms with Gasteiger partial charge in [-0.25, -0.2) is 4.79 Å². The Labute approximate surface area is 187 Å². The average Bonchev–Trinajstić information content (AvgIpc) is 2.78. The summed E-state index contributed by atoms with van der Waals surface area (Å²) in [5.74, 6) is -3.31. The van der Waals surface area contributed by atoms with Gasteiger partial charge in [0.1, 0.15) is 23.7 Å². The number of carboxylic acids is 1. The van der Waals surface area contributed by atoms with E-state index in [-0.39, 0.29) is 23.6 Å². The SMILES string of the molecule is CO[C@@]1(NC(=O)C(NC=O)c2ccccc2)C(=O)N2C(C(=O)O)=C(COC(C)=O)CSC21. The average molecular weight is 463 g/mol. The molecule has 3 rings (SSSR count). The molecule has 3 atom stereocenters. The molecule has 2 aliphatic rings. The van der Waals surface area contributed by atoms with Crippen LogP contribution in [0.15, 0.2) is 41.6 Å². The second-order valence-electron chi connectivity index (χ2n) is 6.93. The highest BCUT2D eigenvalue weighted by Gasteiger charge is 2.67. The molecule has 0 aromatic heterocycles. The Balaban J connectivity index is 1.87. The van der Waals surface area contributed by atoms with Crippen LogP contribution in [-0.2, 0) is 33.4 Å². The van der Waals surface area contributed by atoms with Crippen molar-refractivity contribution in [1.29, 1.82) is 0 Å².